The van der Waals surface area contributed by atoms with Crippen LogP contribution in [0.3, 0.4) is 0 Å². The molecule has 2 rings (SSSR count). The molecule has 0 amide bonds. The number of halogens is 1. The van der Waals surface area contributed by atoms with Crippen molar-refractivity contribution in [2.24, 2.45) is 0 Å². The zero-order valence-corrected chi connectivity index (χ0v) is 16.2. The van der Waals surface area contributed by atoms with Crippen LogP contribution in [-0.2, 0) is 19.1 Å². The number of carbonyl (C=O) groups excluding carboxylic acids is 2. The maximum atomic E-state index is 11.9. The van der Waals surface area contributed by atoms with Gasteiger partial charge in [-0.1, -0.05) is 47.3 Å². The molecule has 0 aliphatic carbocycles. The number of para-hydroxylation sites is 2. The largest absolute Gasteiger partial charge is 0.465 e. The fourth-order valence-electron chi connectivity index (χ4n) is 1.64. The van der Waals surface area contributed by atoms with Gasteiger partial charge in [0.1, 0.15) is 14.8 Å². The minimum Gasteiger partial charge on any atom is -0.465 e. The van der Waals surface area contributed by atoms with Crippen LogP contribution in [0.1, 0.15) is 0 Å². The lowest BCUT2D eigenvalue weighted by Crippen LogP contribution is -2.08. The highest BCUT2D eigenvalue weighted by Gasteiger charge is 2.34. The number of benzene rings is 1. The van der Waals surface area contributed by atoms with Gasteiger partial charge in [-0.05, 0) is 24.4 Å². The molecule has 0 aromatic heterocycles. The van der Waals surface area contributed by atoms with E-state index in [1.807, 2.05) is 0 Å². The van der Waals surface area contributed by atoms with Crippen molar-refractivity contribution in [3.8, 4) is 5.75 Å². The van der Waals surface area contributed by atoms with E-state index in [-0.39, 0.29) is 19.9 Å². The Morgan fingerprint density at radius 2 is 1.60 bits per heavy atom. The summed E-state index contributed by atoms with van der Waals surface area (Å²) in [4.78, 5) is 23.9. The highest BCUT2D eigenvalue weighted by Crippen LogP contribution is 2.52. The van der Waals surface area contributed by atoms with E-state index >= 15 is 0 Å². The van der Waals surface area contributed by atoms with Crippen molar-refractivity contribution in [3.63, 3.8) is 0 Å². The Bertz CT molecular complexity index is 776. The number of anilines is 1. The molecule has 0 saturated carbocycles. The molecule has 2 N–H and O–H groups in total. The first-order valence-electron chi connectivity index (χ1n) is 6.62. The Balaban J connectivity index is 2.26. The van der Waals surface area contributed by atoms with Crippen molar-refractivity contribution >= 4 is 70.0 Å². The average molecular weight is 418 g/mol. The second kappa shape index (κ2) is 8.61. The summed E-state index contributed by atoms with van der Waals surface area (Å²) in [5, 5.41) is 0.0402. The first kappa shape index (κ1) is 19.6. The zero-order chi connectivity index (χ0) is 18.6. The van der Waals surface area contributed by atoms with Crippen LogP contribution in [0.4, 0.5) is 5.69 Å². The second-order valence-corrected chi connectivity index (χ2v) is 7.42. The number of thiocarbonyl (C=S) groups is 1. The van der Waals surface area contributed by atoms with Crippen molar-refractivity contribution in [2.45, 2.75) is 0 Å². The number of hydrogen-bond acceptors (Lipinski definition) is 9. The SMILES string of the molecule is COC(=O)C1=C(C(=O)OC)SC(=C(Cl)C(=S)Oc2ccccc2N)S1. The summed E-state index contributed by atoms with van der Waals surface area (Å²) < 4.78 is 15.3. The number of rotatable bonds is 4. The summed E-state index contributed by atoms with van der Waals surface area (Å²) in [6.45, 7) is 0. The van der Waals surface area contributed by atoms with Gasteiger partial charge in [-0.25, -0.2) is 9.59 Å². The summed E-state index contributed by atoms with van der Waals surface area (Å²) in [7, 11) is 2.43. The van der Waals surface area contributed by atoms with Crippen molar-refractivity contribution < 1.29 is 23.8 Å². The van der Waals surface area contributed by atoms with Crippen LogP contribution >= 0.6 is 47.3 Å². The molecule has 0 radical (unpaired) electrons. The molecule has 0 atom stereocenters. The third-order valence-corrected chi connectivity index (χ3v) is 6.36. The number of ether oxygens (including phenoxy) is 3. The van der Waals surface area contributed by atoms with Crippen molar-refractivity contribution in [3.05, 3.63) is 43.3 Å². The highest BCUT2D eigenvalue weighted by molar-refractivity contribution is 8.29. The molecule has 6 nitrogen and oxygen atoms in total. The molecule has 0 saturated heterocycles. The molecule has 1 aromatic rings. The van der Waals surface area contributed by atoms with Gasteiger partial charge < -0.3 is 19.9 Å². The average Bonchev–Trinajstić information content (AvgIpc) is 3.06. The Morgan fingerprint density at radius 3 is 2.08 bits per heavy atom. The summed E-state index contributed by atoms with van der Waals surface area (Å²) >= 11 is 13.4. The van der Waals surface area contributed by atoms with E-state index < -0.39 is 11.9 Å². The predicted molar refractivity (Wildman–Crippen MR) is 103 cm³/mol. The predicted octanol–water partition coefficient (Wildman–Crippen LogP) is 3.42. The van der Waals surface area contributed by atoms with E-state index in [4.69, 9.17) is 34.3 Å². The number of thioether (sulfide) groups is 2. The molecule has 0 spiro atoms. The molecule has 0 bridgehead atoms. The second-order valence-electron chi connectivity index (χ2n) is 4.37. The van der Waals surface area contributed by atoms with Gasteiger partial charge in [0, 0.05) is 0 Å². The maximum absolute atomic E-state index is 11.9. The van der Waals surface area contributed by atoms with Crippen LogP contribution in [0.15, 0.2) is 43.3 Å². The van der Waals surface area contributed by atoms with Crippen LogP contribution < -0.4 is 10.5 Å². The Labute approximate surface area is 162 Å². The number of nitrogen functional groups attached to an aromatic ring is 1. The van der Waals surface area contributed by atoms with Gasteiger partial charge in [-0.2, -0.15) is 0 Å². The molecule has 1 aliphatic heterocycles. The van der Waals surface area contributed by atoms with Gasteiger partial charge in [0.2, 0.25) is 5.05 Å². The summed E-state index contributed by atoms with van der Waals surface area (Å²) in [5.41, 5.74) is 6.20. The lowest BCUT2D eigenvalue weighted by molar-refractivity contribution is -0.138. The van der Waals surface area contributed by atoms with Crippen LogP contribution in [0.25, 0.3) is 0 Å². The molecule has 132 valence electrons. The van der Waals surface area contributed by atoms with Gasteiger partial charge in [0.15, 0.2) is 5.75 Å². The lowest BCUT2D eigenvalue weighted by Gasteiger charge is -2.09. The highest BCUT2D eigenvalue weighted by atomic mass is 35.5. The minimum absolute atomic E-state index is 0.0371. The summed E-state index contributed by atoms with van der Waals surface area (Å²) in [5.74, 6) is -0.985. The molecule has 1 aromatic carbocycles. The number of methoxy groups -OCH3 is 2. The topological polar surface area (TPSA) is 87.9 Å². The monoisotopic (exact) mass is 417 g/mol. The number of hydrogen-bond donors (Lipinski definition) is 1. The van der Waals surface area contributed by atoms with Crippen LogP contribution in [-0.4, -0.2) is 31.2 Å². The van der Waals surface area contributed by atoms with E-state index in [1.165, 1.54) is 14.2 Å². The fourth-order valence-corrected chi connectivity index (χ4v) is 4.57. The fraction of sp³-hybridized carbons (Fsp3) is 0.133. The molecule has 0 unspecified atom stereocenters. The van der Waals surface area contributed by atoms with Crippen LogP contribution in [0.2, 0.25) is 0 Å². The third kappa shape index (κ3) is 4.49. The first-order chi connectivity index (χ1) is 11.9. The van der Waals surface area contributed by atoms with Crippen molar-refractivity contribution in [1.29, 1.82) is 0 Å². The standard InChI is InChI=1S/C15H12ClNO5S3/c1-20-12(18)10-11(13(19)21-2)25-15(24-10)9(16)14(23)22-8-6-4-3-5-7(8)17/h3-6H,17H2,1-2H3. The Kier molecular flexibility index (Phi) is 6.77. The Morgan fingerprint density at radius 1 is 1.08 bits per heavy atom. The van der Waals surface area contributed by atoms with Gasteiger partial charge in [-0.3, -0.25) is 0 Å². The van der Waals surface area contributed by atoms with Crippen LogP contribution in [0, 0.1) is 0 Å². The summed E-state index contributed by atoms with van der Waals surface area (Å²) in [6.07, 6.45) is 0. The lowest BCUT2D eigenvalue weighted by atomic mass is 10.3. The third-order valence-electron chi connectivity index (χ3n) is 2.82. The summed E-state index contributed by atoms with van der Waals surface area (Å²) in [6, 6.07) is 6.79. The van der Waals surface area contributed by atoms with E-state index in [0.717, 1.165) is 23.5 Å². The smallest absolute Gasteiger partial charge is 0.346 e. The molecule has 10 heteroatoms. The van der Waals surface area contributed by atoms with Crippen molar-refractivity contribution in [1.82, 2.24) is 0 Å². The zero-order valence-electron chi connectivity index (χ0n) is 13.0. The van der Waals surface area contributed by atoms with E-state index in [0.29, 0.717) is 15.7 Å². The number of carbonyl (C=O) groups is 2. The maximum Gasteiger partial charge on any atom is 0.346 e. The molecule has 0 fully saturated rings. The van der Waals surface area contributed by atoms with Gasteiger partial charge in [0.25, 0.3) is 0 Å². The van der Waals surface area contributed by atoms with Gasteiger partial charge in [0.05, 0.1) is 24.1 Å². The first-order valence-corrected chi connectivity index (χ1v) is 9.04. The van der Waals surface area contributed by atoms with Gasteiger partial charge in [-0.15, -0.1) is 0 Å². The Hall–Kier alpha value is -1.68. The molecule has 1 heterocycles. The van der Waals surface area contributed by atoms with E-state index in [9.17, 15) is 9.59 Å². The molecular weight excluding hydrogens is 406 g/mol. The van der Waals surface area contributed by atoms with Crippen molar-refractivity contribution in [2.75, 3.05) is 20.0 Å². The van der Waals surface area contributed by atoms with E-state index in [2.05, 4.69) is 9.47 Å². The number of nitrogens with two attached hydrogens (primary N) is 1. The van der Waals surface area contributed by atoms with Gasteiger partial charge >= 0.3 is 11.9 Å². The minimum atomic E-state index is -0.670. The molecule has 1 aliphatic rings. The molecular formula is C15H12ClNO5S3. The quantitative estimate of drug-likeness (QED) is 0.342. The van der Waals surface area contributed by atoms with Crippen LogP contribution in [0.5, 0.6) is 5.75 Å². The van der Waals surface area contributed by atoms with E-state index in [1.54, 1.807) is 24.3 Å². The molecule has 25 heavy (non-hydrogen) atoms. The normalized spacial score (nSPS) is 13.5. The number of esters is 2.